The van der Waals surface area contributed by atoms with Crippen LogP contribution in [0, 0.1) is 6.92 Å². The summed E-state index contributed by atoms with van der Waals surface area (Å²) in [5.74, 6) is 0.155. The standard InChI is InChI=1S/C18H26ClN3O2/c1-12-10-21(11-14-8-15(19)9-16(20)13(14)2)5-6-22(12)18(23)17-4-3-7-24-17/h8-9,12,17H,3-7,10-11,20H2,1-2H3/t12-,17+/m0/s1. The molecule has 2 N–H and O–H groups in total. The quantitative estimate of drug-likeness (QED) is 0.850. The topological polar surface area (TPSA) is 58.8 Å². The first-order valence-electron chi connectivity index (χ1n) is 8.64. The number of hydrogen-bond donors (Lipinski definition) is 1. The van der Waals surface area contributed by atoms with Crippen molar-refractivity contribution in [3.8, 4) is 0 Å². The zero-order chi connectivity index (χ0) is 17.3. The van der Waals surface area contributed by atoms with E-state index in [-0.39, 0.29) is 18.1 Å². The van der Waals surface area contributed by atoms with Gasteiger partial charge in [-0.15, -0.1) is 0 Å². The molecule has 0 aromatic heterocycles. The van der Waals surface area contributed by atoms with Gasteiger partial charge in [0.05, 0.1) is 0 Å². The molecule has 5 nitrogen and oxygen atoms in total. The number of amides is 1. The molecule has 1 amide bonds. The summed E-state index contributed by atoms with van der Waals surface area (Å²) in [5.41, 5.74) is 9.00. The van der Waals surface area contributed by atoms with Crippen molar-refractivity contribution in [3.63, 3.8) is 0 Å². The Bertz CT molecular complexity index is 617. The molecule has 132 valence electrons. The number of hydrogen-bond acceptors (Lipinski definition) is 4. The van der Waals surface area contributed by atoms with Gasteiger partial charge in [-0.25, -0.2) is 0 Å². The third-order valence-corrected chi connectivity index (χ3v) is 5.33. The fourth-order valence-corrected chi connectivity index (χ4v) is 3.87. The van der Waals surface area contributed by atoms with E-state index in [1.54, 1.807) is 6.07 Å². The van der Waals surface area contributed by atoms with Crippen LogP contribution in [-0.4, -0.2) is 54.1 Å². The molecule has 0 unspecified atom stereocenters. The zero-order valence-corrected chi connectivity index (χ0v) is 15.2. The van der Waals surface area contributed by atoms with Gasteiger partial charge in [-0.05, 0) is 49.9 Å². The minimum Gasteiger partial charge on any atom is -0.398 e. The highest BCUT2D eigenvalue weighted by Gasteiger charge is 2.33. The first-order chi connectivity index (χ1) is 11.5. The largest absolute Gasteiger partial charge is 0.398 e. The Morgan fingerprint density at radius 1 is 1.42 bits per heavy atom. The molecule has 2 heterocycles. The molecule has 24 heavy (non-hydrogen) atoms. The predicted octanol–water partition coefficient (Wildman–Crippen LogP) is 2.44. The lowest BCUT2D eigenvalue weighted by Gasteiger charge is -2.41. The third-order valence-electron chi connectivity index (χ3n) is 5.11. The van der Waals surface area contributed by atoms with Crippen molar-refractivity contribution in [2.24, 2.45) is 0 Å². The van der Waals surface area contributed by atoms with Gasteiger partial charge in [-0.3, -0.25) is 9.69 Å². The normalized spacial score (nSPS) is 25.2. The summed E-state index contributed by atoms with van der Waals surface area (Å²) in [5, 5.41) is 0.674. The number of nitrogens with two attached hydrogens (primary N) is 1. The monoisotopic (exact) mass is 351 g/mol. The van der Waals surface area contributed by atoms with E-state index in [1.165, 1.54) is 0 Å². The minimum absolute atomic E-state index is 0.155. The maximum atomic E-state index is 12.6. The SMILES string of the molecule is Cc1c(N)cc(Cl)cc1CN1CCN(C(=O)[C@H]2CCCO2)[C@@H](C)C1. The van der Waals surface area contributed by atoms with E-state index in [4.69, 9.17) is 22.1 Å². The van der Waals surface area contributed by atoms with Crippen LogP contribution in [-0.2, 0) is 16.1 Å². The Morgan fingerprint density at radius 2 is 2.21 bits per heavy atom. The summed E-state index contributed by atoms with van der Waals surface area (Å²) in [4.78, 5) is 16.9. The first-order valence-corrected chi connectivity index (χ1v) is 9.02. The van der Waals surface area contributed by atoms with Crippen LogP contribution >= 0.6 is 11.6 Å². The molecule has 1 aromatic carbocycles. The highest BCUT2D eigenvalue weighted by atomic mass is 35.5. The van der Waals surface area contributed by atoms with Crippen molar-refractivity contribution in [1.82, 2.24) is 9.80 Å². The summed E-state index contributed by atoms with van der Waals surface area (Å²) in [6, 6.07) is 3.97. The summed E-state index contributed by atoms with van der Waals surface area (Å²) in [6.45, 7) is 8.11. The highest BCUT2D eigenvalue weighted by Crippen LogP contribution is 2.25. The zero-order valence-electron chi connectivity index (χ0n) is 14.4. The van der Waals surface area contributed by atoms with E-state index in [1.807, 2.05) is 17.9 Å². The molecular formula is C18H26ClN3O2. The molecule has 0 radical (unpaired) electrons. The fourth-order valence-electron chi connectivity index (χ4n) is 3.63. The number of carbonyl (C=O) groups excluding carboxylic acids is 1. The Morgan fingerprint density at radius 3 is 2.88 bits per heavy atom. The number of anilines is 1. The van der Waals surface area contributed by atoms with Crippen molar-refractivity contribution in [2.75, 3.05) is 32.0 Å². The third kappa shape index (κ3) is 3.68. The predicted molar refractivity (Wildman–Crippen MR) is 96.0 cm³/mol. The Balaban J connectivity index is 1.62. The van der Waals surface area contributed by atoms with Gasteiger partial charge in [0.15, 0.2) is 0 Å². The van der Waals surface area contributed by atoms with Crippen LogP contribution in [0.25, 0.3) is 0 Å². The molecule has 0 saturated carbocycles. The van der Waals surface area contributed by atoms with Gasteiger partial charge in [0, 0.05) is 49.5 Å². The Hall–Kier alpha value is -1.30. The summed E-state index contributed by atoms with van der Waals surface area (Å²) in [6.07, 6.45) is 1.61. The molecule has 2 saturated heterocycles. The average Bonchev–Trinajstić information content (AvgIpc) is 3.06. The lowest BCUT2D eigenvalue weighted by molar-refractivity contribution is -0.145. The van der Waals surface area contributed by atoms with Crippen LogP contribution < -0.4 is 5.73 Å². The van der Waals surface area contributed by atoms with Gasteiger partial charge in [0.25, 0.3) is 5.91 Å². The second-order valence-corrected chi connectivity index (χ2v) is 7.33. The van der Waals surface area contributed by atoms with Crippen LogP contribution in [0.5, 0.6) is 0 Å². The van der Waals surface area contributed by atoms with Crippen molar-refractivity contribution in [1.29, 1.82) is 0 Å². The van der Waals surface area contributed by atoms with E-state index in [2.05, 4.69) is 11.8 Å². The van der Waals surface area contributed by atoms with E-state index >= 15 is 0 Å². The molecular weight excluding hydrogens is 326 g/mol. The maximum absolute atomic E-state index is 12.6. The number of halogens is 1. The summed E-state index contributed by atoms with van der Waals surface area (Å²) in [7, 11) is 0. The Labute approximate surface area is 148 Å². The van der Waals surface area contributed by atoms with E-state index in [0.717, 1.165) is 55.8 Å². The number of carbonyl (C=O) groups is 1. The number of benzene rings is 1. The molecule has 1 aromatic rings. The van der Waals surface area contributed by atoms with Gasteiger partial charge in [0.1, 0.15) is 6.10 Å². The summed E-state index contributed by atoms with van der Waals surface area (Å²) < 4.78 is 5.55. The molecule has 2 aliphatic heterocycles. The Kier molecular flexibility index (Phi) is 5.33. The van der Waals surface area contributed by atoms with Crippen molar-refractivity contribution in [3.05, 3.63) is 28.3 Å². The van der Waals surface area contributed by atoms with Gasteiger partial charge in [-0.1, -0.05) is 11.6 Å². The number of piperazine rings is 1. The first kappa shape index (κ1) is 17.5. The average molecular weight is 352 g/mol. The molecule has 0 aliphatic carbocycles. The molecule has 6 heteroatoms. The van der Waals surface area contributed by atoms with Crippen LogP contribution in [0.15, 0.2) is 12.1 Å². The van der Waals surface area contributed by atoms with E-state index < -0.39 is 0 Å². The maximum Gasteiger partial charge on any atom is 0.252 e. The molecule has 2 aliphatic rings. The van der Waals surface area contributed by atoms with E-state index in [9.17, 15) is 4.79 Å². The van der Waals surface area contributed by atoms with Gasteiger partial charge in [0.2, 0.25) is 0 Å². The van der Waals surface area contributed by atoms with Gasteiger partial charge >= 0.3 is 0 Å². The number of ether oxygens (including phenoxy) is 1. The lowest BCUT2D eigenvalue weighted by atomic mass is 10.0. The second-order valence-electron chi connectivity index (χ2n) is 6.90. The van der Waals surface area contributed by atoms with Crippen molar-refractivity contribution < 1.29 is 9.53 Å². The minimum atomic E-state index is -0.228. The van der Waals surface area contributed by atoms with Crippen LogP contribution in [0.1, 0.15) is 30.9 Å². The van der Waals surface area contributed by atoms with Crippen molar-refractivity contribution >= 4 is 23.2 Å². The molecule has 0 bridgehead atoms. The highest BCUT2D eigenvalue weighted by molar-refractivity contribution is 6.31. The fraction of sp³-hybridized carbons (Fsp3) is 0.611. The molecule has 2 atom stereocenters. The van der Waals surface area contributed by atoms with Crippen LogP contribution in [0.3, 0.4) is 0 Å². The number of rotatable bonds is 3. The van der Waals surface area contributed by atoms with Crippen LogP contribution in [0.4, 0.5) is 5.69 Å². The second kappa shape index (κ2) is 7.30. The molecule has 3 rings (SSSR count). The molecule has 0 spiro atoms. The number of nitrogen functional groups attached to an aromatic ring is 1. The smallest absolute Gasteiger partial charge is 0.252 e. The summed E-state index contributed by atoms with van der Waals surface area (Å²) >= 11 is 6.14. The van der Waals surface area contributed by atoms with E-state index in [0.29, 0.717) is 11.6 Å². The number of nitrogens with zero attached hydrogens (tertiary/aromatic N) is 2. The molecule has 2 fully saturated rings. The van der Waals surface area contributed by atoms with Crippen molar-refractivity contribution in [2.45, 2.75) is 45.4 Å². The van der Waals surface area contributed by atoms with Gasteiger partial charge in [-0.2, -0.15) is 0 Å². The van der Waals surface area contributed by atoms with Crippen LogP contribution in [0.2, 0.25) is 5.02 Å². The lowest BCUT2D eigenvalue weighted by Crippen LogP contribution is -2.55. The van der Waals surface area contributed by atoms with Gasteiger partial charge < -0.3 is 15.4 Å².